The quantitative estimate of drug-likeness (QED) is 0.459. The summed E-state index contributed by atoms with van der Waals surface area (Å²) in [6.45, 7) is 0. The zero-order chi connectivity index (χ0) is 14.1. The summed E-state index contributed by atoms with van der Waals surface area (Å²) in [6.07, 6.45) is 3.41. The van der Waals surface area contributed by atoms with E-state index in [0.29, 0.717) is 22.5 Å². The van der Waals surface area contributed by atoms with E-state index in [2.05, 4.69) is 15.0 Å². The molecule has 2 aromatic carbocycles. The summed E-state index contributed by atoms with van der Waals surface area (Å²) in [4.78, 5) is 23.1. The van der Waals surface area contributed by atoms with Crippen LogP contribution in [0.3, 0.4) is 0 Å². The number of fused-ring (bicyclic) bond motifs is 3. The van der Waals surface area contributed by atoms with Gasteiger partial charge in [-0.1, -0.05) is 6.07 Å². The van der Waals surface area contributed by atoms with Gasteiger partial charge in [0.15, 0.2) is 0 Å². The third-order valence-corrected chi connectivity index (χ3v) is 3.87. The second-order valence-corrected chi connectivity index (χ2v) is 5.00. The van der Waals surface area contributed by atoms with Crippen molar-refractivity contribution in [3.05, 3.63) is 36.2 Å². The van der Waals surface area contributed by atoms with Gasteiger partial charge in [0, 0.05) is 28.6 Å². The predicted molar refractivity (Wildman–Crippen MR) is 76.8 cm³/mol. The van der Waals surface area contributed by atoms with Gasteiger partial charge in [0.2, 0.25) is 5.71 Å². The Morgan fingerprint density at radius 1 is 1.19 bits per heavy atom. The number of hydrogen-bond acceptors (Lipinski definition) is 4. The molecule has 6 heteroatoms. The second kappa shape index (κ2) is 3.29. The van der Waals surface area contributed by atoms with Gasteiger partial charge in [-0.3, -0.25) is 9.97 Å². The summed E-state index contributed by atoms with van der Waals surface area (Å²) in [5.74, 6) is -0.572. The zero-order valence-electron chi connectivity index (χ0n) is 10.5. The fourth-order valence-electron chi connectivity index (χ4n) is 2.93. The summed E-state index contributed by atoms with van der Waals surface area (Å²) in [7, 11) is 0. The van der Waals surface area contributed by atoms with Gasteiger partial charge in [0.25, 0.3) is 0 Å². The monoisotopic (exact) mass is 277 g/mol. The first-order valence-electron chi connectivity index (χ1n) is 6.36. The van der Waals surface area contributed by atoms with Gasteiger partial charge in [-0.05, 0) is 17.5 Å². The minimum atomic E-state index is -0.977. The summed E-state index contributed by atoms with van der Waals surface area (Å²) in [5, 5.41) is 13.5. The van der Waals surface area contributed by atoms with E-state index in [1.54, 1.807) is 18.5 Å². The van der Waals surface area contributed by atoms with Gasteiger partial charge in [-0.25, -0.2) is 4.79 Å². The van der Waals surface area contributed by atoms with Crippen LogP contribution in [-0.2, 0) is 0 Å². The third kappa shape index (κ3) is 1.19. The molecule has 0 fully saturated rings. The third-order valence-electron chi connectivity index (χ3n) is 3.87. The molecule has 6 rings (SSSR count). The van der Waals surface area contributed by atoms with Crippen LogP contribution in [0.5, 0.6) is 0 Å². The van der Waals surface area contributed by atoms with Crippen LogP contribution in [0.1, 0.15) is 10.4 Å². The number of aromatic nitrogens is 3. The lowest BCUT2D eigenvalue weighted by atomic mass is 9.97. The molecule has 2 N–H and O–H groups in total. The molecule has 0 spiro atoms. The van der Waals surface area contributed by atoms with Crippen molar-refractivity contribution >= 4 is 50.0 Å². The van der Waals surface area contributed by atoms with Gasteiger partial charge < -0.3 is 9.52 Å². The Morgan fingerprint density at radius 3 is 2.81 bits per heavy atom. The number of nitrogens with zero attached hydrogens (tertiary/aromatic N) is 2. The van der Waals surface area contributed by atoms with E-state index >= 15 is 0 Å². The van der Waals surface area contributed by atoms with Crippen molar-refractivity contribution in [2.75, 3.05) is 0 Å². The van der Waals surface area contributed by atoms with Gasteiger partial charge in [0.05, 0.1) is 16.5 Å². The average Bonchev–Trinajstić information content (AvgIpc) is 2.92. The lowest BCUT2D eigenvalue weighted by Gasteiger charge is -2.11. The molecule has 0 saturated heterocycles. The smallest absolute Gasteiger partial charge is 0.336 e. The van der Waals surface area contributed by atoms with E-state index in [9.17, 15) is 9.90 Å². The van der Waals surface area contributed by atoms with Gasteiger partial charge >= 0.3 is 11.8 Å². The minimum Gasteiger partial charge on any atom is -0.478 e. The van der Waals surface area contributed by atoms with Crippen molar-refractivity contribution in [2.24, 2.45) is 0 Å². The van der Waals surface area contributed by atoms with Crippen molar-refractivity contribution in [1.29, 1.82) is 0 Å². The first-order valence-corrected chi connectivity index (χ1v) is 6.36. The van der Waals surface area contributed by atoms with Crippen LogP contribution in [-0.4, -0.2) is 26.0 Å². The van der Waals surface area contributed by atoms with Gasteiger partial charge in [-0.15, -0.1) is 0 Å². The van der Waals surface area contributed by atoms with Crippen LogP contribution in [0.25, 0.3) is 44.0 Å². The molecule has 6 nitrogen and oxygen atoms in total. The molecule has 0 aliphatic carbocycles. The fourth-order valence-corrected chi connectivity index (χ4v) is 2.93. The highest BCUT2D eigenvalue weighted by Crippen LogP contribution is 2.35. The Balaban J connectivity index is 2.15. The number of aromatic carboxylic acids is 1. The van der Waals surface area contributed by atoms with Crippen LogP contribution < -0.4 is 0 Å². The minimum absolute atomic E-state index is 0.230. The molecule has 100 valence electrons. The molecule has 4 aromatic heterocycles. The molecule has 0 amide bonds. The first-order chi connectivity index (χ1) is 10.2. The lowest BCUT2D eigenvalue weighted by Crippen LogP contribution is -2.00. The predicted octanol–water partition coefficient (Wildman–Crippen LogP) is 3.15. The van der Waals surface area contributed by atoms with Crippen LogP contribution >= 0.6 is 0 Å². The van der Waals surface area contributed by atoms with E-state index < -0.39 is 5.97 Å². The standard InChI is InChI=1S/C15H7N3O3/c19-14(20)9-3-6-4-16-5-10(6)7-1-2-8-12(11(7)9)17-15-18-13(8)21-15/h1-5H,(H,17,18)(H,19,20). The van der Waals surface area contributed by atoms with Crippen molar-refractivity contribution in [3.8, 4) is 0 Å². The highest BCUT2D eigenvalue weighted by atomic mass is 16.4. The molecule has 2 bridgehead atoms. The molecule has 21 heavy (non-hydrogen) atoms. The Kier molecular flexibility index (Phi) is 1.66. The number of H-pyrrole nitrogens is 1. The maximum Gasteiger partial charge on any atom is 0.336 e. The van der Waals surface area contributed by atoms with Crippen LogP contribution in [0.4, 0.5) is 0 Å². The number of aromatic amines is 1. The summed E-state index contributed by atoms with van der Waals surface area (Å²) < 4.78 is 5.32. The molecule has 0 aliphatic heterocycles. The maximum absolute atomic E-state index is 11.6. The number of carbonyl (C=O) groups is 1. The summed E-state index contributed by atoms with van der Waals surface area (Å²) in [6, 6.07) is 5.42. The molecule has 0 unspecified atom stereocenters. The summed E-state index contributed by atoms with van der Waals surface area (Å²) >= 11 is 0. The van der Waals surface area contributed by atoms with E-state index in [1.807, 2.05) is 12.1 Å². The fraction of sp³-hybridized carbons (Fsp3) is 0. The number of rotatable bonds is 1. The molecule has 0 radical (unpaired) electrons. The molecule has 6 aromatic rings. The second-order valence-electron chi connectivity index (χ2n) is 5.00. The highest BCUT2D eigenvalue weighted by Gasteiger charge is 2.19. The van der Waals surface area contributed by atoms with Crippen molar-refractivity contribution < 1.29 is 14.3 Å². The zero-order valence-corrected chi connectivity index (χ0v) is 10.5. The normalized spacial score (nSPS) is 12.2. The first kappa shape index (κ1) is 10.6. The van der Waals surface area contributed by atoms with E-state index in [-0.39, 0.29) is 5.56 Å². The number of benzene rings is 2. The SMILES string of the molecule is O=C(O)c1cc2cncc2c2ccc3c4[nH]c(nc3c12)o4. The van der Waals surface area contributed by atoms with Crippen molar-refractivity contribution in [3.63, 3.8) is 0 Å². The maximum atomic E-state index is 11.6. The van der Waals surface area contributed by atoms with Crippen LogP contribution in [0.15, 0.2) is 35.0 Å². The molecule has 0 atom stereocenters. The number of carboxylic acid groups (broad SMARTS) is 1. The number of nitrogens with one attached hydrogen (secondary N) is 1. The summed E-state index contributed by atoms with van der Waals surface area (Å²) in [5.41, 5.74) is 1.49. The Labute approximate surface area is 116 Å². The number of hydrogen-bond donors (Lipinski definition) is 2. The Hall–Kier alpha value is -3.15. The lowest BCUT2D eigenvalue weighted by molar-refractivity contribution is 0.0699. The van der Waals surface area contributed by atoms with E-state index in [1.165, 1.54) is 0 Å². The Bertz CT molecular complexity index is 1140. The van der Waals surface area contributed by atoms with E-state index in [4.69, 9.17) is 4.42 Å². The number of carboxylic acids is 1. The largest absolute Gasteiger partial charge is 0.478 e. The molecule has 0 saturated carbocycles. The van der Waals surface area contributed by atoms with Gasteiger partial charge in [0.1, 0.15) is 0 Å². The van der Waals surface area contributed by atoms with Crippen molar-refractivity contribution in [1.82, 2.24) is 15.0 Å². The van der Waals surface area contributed by atoms with E-state index in [0.717, 1.165) is 21.5 Å². The average molecular weight is 277 g/mol. The Morgan fingerprint density at radius 2 is 2.00 bits per heavy atom. The molecular weight excluding hydrogens is 270 g/mol. The van der Waals surface area contributed by atoms with Gasteiger partial charge in [-0.2, -0.15) is 4.98 Å². The highest BCUT2D eigenvalue weighted by molar-refractivity contribution is 6.24. The van der Waals surface area contributed by atoms with Crippen LogP contribution in [0.2, 0.25) is 0 Å². The molecule has 0 aliphatic rings. The van der Waals surface area contributed by atoms with Crippen molar-refractivity contribution in [2.45, 2.75) is 0 Å². The topological polar surface area (TPSA) is 92.0 Å². The van der Waals surface area contributed by atoms with Crippen LogP contribution in [0, 0.1) is 0 Å². The molecule has 4 heterocycles. The molecular formula is C15H7N3O3.